The second-order valence-electron chi connectivity index (χ2n) is 1.75. The lowest BCUT2D eigenvalue weighted by atomic mass is 10.4. The molecular weight excluding hydrogens is 124 g/mol. The molecule has 0 spiro atoms. The summed E-state index contributed by atoms with van der Waals surface area (Å²) in [6, 6.07) is 0. The summed E-state index contributed by atoms with van der Waals surface area (Å²) in [5.41, 5.74) is 1.80. The molecule has 0 atom stereocenters. The van der Waals surface area contributed by atoms with E-state index < -0.39 is 0 Å². The van der Waals surface area contributed by atoms with Gasteiger partial charge in [0.25, 0.3) is 0 Å². The molecule has 0 aliphatic rings. The highest BCUT2D eigenvalue weighted by Gasteiger charge is 1.99. The van der Waals surface area contributed by atoms with E-state index in [2.05, 4.69) is 10.2 Å². The summed E-state index contributed by atoms with van der Waals surface area (Å²) in [6.07, 6.45) is 0. The highest BCUT2D eigenvalue weighted by molar-refractivity contribution is 6.31. The monoisotopic (exact) mass is 130 g/mol. The summed E-state index contributed by atoms with van der Waals surface area (Å²) in [5, 5.41) is 7.35. The molecule has 0 aliphatic heterocycles. The average molecular weight is 131 g/mol. The van der Waals surface area contributed by atoms with Crippen LogP contribution in [0.5, 0.6) is 0 Å². The van der Waals surface area contributed by atoms with Gasteiger partial charge in [-0.2, -0.15) is 5.10 Å². The van der Waals surface area contributed by atoms with E-state index in [0.717, 1.165) is 16.4 Å². The molecule has 0 saturated heterocycles. The van der Waals surface area contributed by atoms with Gasteiger partial charge in [-0.1, -0.05) is 11.6 Å². The first-order valence-electron chi connectivity index (χ1n) is 2.39. The lowest BCUT2D eigenvalue weighted by molar-refractivity contribution is 1.02. The van der Waals surface area contributed by atoms with Crippen LogP contribution >= 0.6 is 11.6 Å². The summed E-state index contributed by atoms with van der Waals surface area (Å²) in [5.74, 6) is 0. The Bertz CT molecular complexity index is 173. The Hall–Kier alpha value is -0.500. The number of rotatable bonds is 0. The fourth-order valence-corrected chi connectivity index (χ4v) is 0.622. The summed E-state index contributed by atoms with van der Waals surface area (Å²) >= 11 is 5.70. The first kappa shape index (κ1) is 5.63. The molecule has 1 N–H and O–H groups in total. The van der Waals surface area contributed by atoms with Crippen LogP contribution in [0.15, 0.2) is 0 Å². The van der Waals surface area contributed by atoms with E-state index in [9.17, 15) is 0 Å². The fraction of sp³-hybridized carbons (Fsp3) is 0.400. The van der Waals surface area contributed by atoms with E-state index in [0.29, 0.717) is 0 Å². The van der Waals surface area contributed by atoms with Crippen LogP contribution < -0.4 is 0 Å². The Labute approximate surface area is 52.9 Å². The molecule has 44 valence electrons. The summed E-state index contributed by atoms with van der Waals surface area (Å²) in [7, 11) is 0. The first-order chi connectivity index (χ1) is 3.72. The van der Waals surface area contributed by atoms with Crippen LogP contribution in [0.1, 0.15) is 11.4 Å². The predicted molar refractivity (Wildman–Crippen MR) is 33.1 cm³/mol. The van der Waals surface area contributed by atoms with Crippen molar-refractivity contribution in [2.75, 3.05) is 0 Å². The number of hydrogen-bond donors (Lipinski definition) is 1. The Balaban J connectivity index is 3.19. The van der Waals surface area contributed by atoms with Crippen LogP contribution in [0.4, 0.5) is 0 Å². The lowest BCUT2D eigenvalue weighted by Crippen LogP contribution is -1.68. The highest BCUT2D eigenvalue weighted by atomic mass is 35.5. The zero-order valence-corrected chi connectivity index (χ0v) is 5.58. The molecule has 3 heteroatoms. The van der Waals surface area contributed by atoms with Gasteiger partial charge in [-0.25, -0.2) is 0 Å². The second-order valence-corrected chi connectivity index (χ2v) is 2.13. The summed E-state index contributed by atoms with van der Waals surface area (Å²) in [6.45, 7) is 3.76. The number of aryl methyl sites for hydroxylation is 2. The van der Waals surface area contributed by atoms with Gasteiger partial charge in [0.05, 0.1) is 16.4 Å². The Morgan fingerprint density at radius 2 is 2.12 bits per heavy atom. The molecule has 0 saturated carbocycles. The molecule has 0 bridgehead atoms. The minimum Gasteiger partial charge on any atom is -0.281 e. The van der Waals surface area contributed by atoms with Crippen molar-refractivity contribution in [3.63, 3.8) is 0 Å². The number of H-pyrrole nitrogens is 1. The van der Waals surface area contributed by atoms with Gasteiger partial charge in [-0.05, 0) is 13.8 Å². The van der Waals surface area contributed by atoms with Gasteiger partial charge in [0.15, 0.2) is 0 Å². The van der Waals surface area contributed by atoms with Gasteiger partial charge in [0, 0.05) is 0 Å². The SMILES string of the molecule is Cc1n[nH]c(C)c1Cl. The van der Waals surface area contributed by atoms with Crippen molar-refractivity contribution in [1.29, 1.82) is 0 Å². The maximum Gasteiger partial charge on any atom is 0.0841 e. The molecule has 8 heavy (non-hydrogen) atoms. The average Bonchev–Trinajstić information content (AvgIpc) is 1.98. The maximum atomic E-state index is 5.70. The van der Waals surface area contributed by atoms with Crippen molar-refractivity contribution < 1.29 is 0 Å². The van der Waals surface area contributed by atoms with E-state index in [1.807, 2.05) is 13.8 Å². The second kappa shape index (κ2) is 1.78. The van der Waals surface area contributed by atoms with Crippen LogP contribution in [0, 0.1) is 13.8 Å². The van der Waals surface area contributed by atoms with Crippen LogP contribution in [-0.2, 0) is 0 Å². The number of halogens is 1. The molecule has 1 aromatic heterocycles. The van der Waals surface area contributed by atoms with E-state index in [4.69, 9.17) is 11.6 Å². The molecule has 1 aromatic rings. The number of nitrogens with zero attached hydrogens (tertiary/aromatic N) is 1. The first-order valence-corrected chi connectivity index (χ1v) is 2.76. The number of aromatic nitrogens is 2. The van der Waals surface area contributed by atoms with Crippen LogP contribution in [-0.4, -0.2) is 10.2 Å². The molecule has 0 fully saturated rings. The van der Waals surface area contributed by atoms with Gasteiger partial charge >= 0.3 is 0 Å². The van der Waals surface area contributed by atoms with Gasteiger partial charge in [0.1, 0.15) is 0 Å². The predicted octanol–water partition coefficient (Wildman–Crippen LogP) is 1.68. The molecule has 0 aromatic carbocycles. The van der Waals surface area contributed by atoms with E-state index in [1.54, 1.807) is 0 Å². The zero-order valence-electron chi connectivity index (χ0n) is 4.83. The minimum absolute atomic E-state index is 0.741. The van der Waals surface area contributed by atoms with Gasteiger partial charge in [-0.3, -0.25) is 5.10 Å². The molecule has 2 nitrogen and oxygen atoms in total. The normalized spacial score (nSPS) is 9.88. The standard InChI is InChI=1S/C5H7ClN2/c1-3-5(6)4(2)8-7-3/h1-2H3,(H,7,8). The zero-order chi connectivity index (χ0) is 6.15. The van der Waals surface area contributed by atoms with Crippen LogP contribution in [0.3, 0.4) is 0 Å². The number of hydrogen-bond acceptors (Lipinski definition) is 1. The maximum absolute atomic E-state index is 5.70. The third-order valence-electron chi connectivity index (χ3n) is 1.04. The molecule has 1 heterocycles. The Kier molecular flexibility index (Phi) is 1.26. The van der Waals surface area contributed by atoms with E-state index >= 15 is 0 Å². The smallest absolute Gasteiger partial charge is 0.0841 e. The van der Waals surface area contributed by atoms with Crippen molar-refractivity contribution >= 4 is 11.6 Å². The van der Waals surface area contributed by atoms with Crippen molar-refractivity contribution in [2.45, 2.75) is 13.8 Å². The van der Waals surface area contributed by atoms with Crippen molar-refractivity contribution in [1.82, 2.24) is 10.2 Å². The number of nitrogens with one attached hydrogen (secondary N) is 1. The topological polar surface area (TPSA) is 28.7 Å². The van der Waals surface area contributed by atoms with Crippen molar-refractivity contribution in [3.8, 4) is 0 Å². The Morgan fingerprint density at radius 1 is 1.50 bits per heavy atom. The minimum atomic E-state index is 0.741. The van der Waals surface area contributed by atoms with Crippen molar-refractivity contribution in [2.24, 2.45) is 0 Å². The van der Waals surface area contributed by atoms with Crippen molar-refractivity contribution in [3.05, 3.63) is 16.4 Å². The van der Waals surface area contributed by atoms with Gasteiger partial charge in [0.2, 0.25) is 0 Å². The molecule has 0 amide bonds. The summed E-state index contributed by atoms with van der Waals surface area (Å²) < 4.78 is 0. The third kappa shape index (κ3) is 0.713. The lowest BCUT2D eigenvalue weighted by Gasteiger charge is -1.80. The molecule has 0 aliphatic carbocycles. The largest absolute Gasteiger partial charge is 0.281 e. The van der Waals surface area contributed by atoms with Crippen LogP contribution in [0.25, 0.3) is 0 Å². The van der Waals surface area contributed by atoms with E-state index in [-0.39, 0.29) is 0 Å². The molecule has 0 unspecified atom stereocenters. The summed E-state index contributed by atoms with van der Waals surface area (Å²) in [4.78, 5) is 0. The number of aromatic amines is 1. The molecule has 1 rings (SSSR count). The quantitative estimate of drug-likeness (QED) is 0.569. The van der Waals surface area contributed by atoms with Gasteiger partial charge in [-0.15, -0.1) is 0 Å². The highest BCUT2D eigenvalue weighted by Crippen LogP contribution is 2.14. The van der Waals surface area contributed by atoms with E-state index in [1.165, 1.54) is 0 Å². The fourth-order valence-electron chi connectivity index (χ4n) is 0.537. The van der Waals surface area contributed by atoms with Crippen LogP contribution in [0.2, 0.25) is 5.02 Å². The Morgan fingerprint density at radius 3 is 2.25 bits per heavy atom. The molecule has 0 radical (unpaired) electrons. The third-order valence-corrected chi connectivity index (χ3v) is 1.60. The van der Waals surface area contributed by atoms with Gasteiger partial charge < -0.3 is 0 Å². The molecular formula is C5H7ClN2.